The molecule has 6 nitrogen and oxygen atoms in total. The highest BCUT2D eigenvalue weighted by atomic mass is 32.2. The summed E-state index contributed by atoms with van der Waals surface area (Å²) in [4.78, 5) is 10.9. The lowest BCUT2D eigenvalue weighted by molar-refractivity contribution is -0.254. The molecule has 0 saturated carbocycles. The number of carboxylic acids is 1. The van der Waals surface area contributed by atoms with Gasteiger partial charge in [0, 0.05) is 11.3 Å². The van der Waals surface area contributed by atoms with E-state index in [1.165, 1.54) is 42.5 Å². The number of rotatable bonds is 4. The van der Waals surface area contributed by atoms with Crippen molar-refractivity contribution in [1.29, 1.82) is 0 Å². The van der Waals surface area contributed by atoms with Gasteiger partial charge in [-0.25, -0.2) is 8.42 Å². The average molecular weight is 291 g/mol. The lowest BCUT2D eigenvalue weighted by atomic mass is 10.2. The topological polar surface area (TPSA) is 112 Å². The van der Waals surface area contributed by atoms with Gasteiger partial charge in [-0.3, -0.25) is 4.72 Å². The summed E-state index contributed by atoms with van der Waals surface area (Å²) in [5.41, 5.74) is 5.53. The fraction of sp³-hybridized carbons (Fsp3) is 0. The smallest absolute Gasteiger partial charge is 0.261 e. The quantitative estimate of drug-likeness (QED) is 0.793. The van der Waals surface area contributed by atoms with Crippen molar-refractivity contribution in [3.8, 4) is 0 Å². The number of carbonyl (C=O) groups is 1. The second kappa shape index (κ2) is 5.22. The minimum Gasteiger partial charge on any atom is -0.545 e. The zero-order chi connectivity index (χ0) is 14.8. The maximum atomic E-state index is 12.1. The van der Waals surface area contributed by atoms with Gasteiger partial charge in [-0.1, -0.05) is 24.3 Å². The van der Waals surface area contributed by atoms with Gasteiger partial charge in [0.25, 0.3) is 10.0 Å². The molecule has 0 atom stereocenters. The van der Waals surface area contributed by atoms with Gasteiger partial charge in [0.2, 0.25) is 0 Å². The Labute approximate surface area is 115 Å². The molecule has 0 aliphatic carbocycles. The molecule has 0 spiro atoms. The summed E-state index contributed by atoms with van der Waals surface area (Å²) < 4.78 is 26.5. The van der Waals surface area contributed by atoms with E-state index in [0.717, 1.165) is 0 Å². The van der Waals surface area contributed by atoms with Crippen LogP contribution >= 0.6 is 0 Å². The number of benzene rings is 2. The molecular weight excluding hydrogens is 280 g/mol. The summed E-state index contributed by atoms with van der Waals surface area (Å²) in [6.45, 7) is 0. The summed E-state index contributed by atoms with van der Waals surface area (Å²) in [5, 5.41) is 10.9. The Hall–Kier alpha value is -2.54. The summed E-state index contributed by atoms with van der Waals surface area (Å²) in [5.74, 6) is -1.46. The van der Waals surface area contributed by atoms with Crippen LogP contribution in [0.4, 0.5) is 11.4 Å². The first-order valence-corrected chi connectivity index (χ1v) is 7.07. The largest absolute Gasteiger partial charge is 0.545 e. The molecule has 0 amide bonds. The first kappa shape index (κ1) is 13.9. The van der Waals surface area contributed by atoms with Crippen LogP contribution in [0, 0.1) is 0 Å². The van der Waals surface area contributed by atoms with E-state index in [9.17, 15) is 18.3 Å². The zero-order valence-corrected chi connectivity index (χ0v) is 11.1. The standard InChI is InChI=1S/C13H12N2O4S/c14-9-4-3-5-10(8-9)20(18,19)15-12-7-2-1-6-11(12)13(16)17/h1-8,15H,14H2,(H,16,17)/p-1. The van der Waals surface area contributed by atoms with Crippen LogP contribution in [0.2, 0.25) is 0 Å². The van der Waals surface area contributed by atoms with E-state index in [1.807, 2.05) is 0 Å². The number of hydrogen-bond acceptors (Lipinski definition) is 5. The van der Waals surface area contributed by atoms with Crippen LogP contribution in [0.15, 0.2) is 53.4 Å². The Kier molecular flexibility index (Phi) is 3.62. The molecule has 0 aliphatic rings. The van der Waals surface area contributed by atoms with Crippen LogP contribution in [0.25, 0.3) is 0 Å². The number of nitrogen functional groups attached to an aromatic ring is 1. The minimum atomic E-state index is -3.91. The van der Waals surface area contributed by atoms with Crippen LogP contribution in [0.5, 0.6) is 0 Å². The fourth-order valence-electron chi connectivity index (χ4n) is 1.64. The van der Waals surface area contributed by atoms with Crippen molar-refractivity contribution in [1.82, 2.24) is 0 Å². The molecule has 0 aromatic heterocycles. The Morgan fingerprint density at radius 1 is 1.10 bits per heavy atom. The van der Waals surface area contributed by atoms with E-state index >= 15 is 0 Å². The number of nitrogens with one attached hydrogen (secondary N) is 1. The number of aromatic carboxylic acids is 1. The minimum absolute atomic E-state index is 0.0503. The van der Waals surface area contributed by atoms with Gasteiger partial charge in [0.15, 0.2) is 0 Å². The molecule has 0 unspecified atom stereocenters. The number of sulfonamides is 1. The third kappa shape index (κ3) is 2.89. The van der Waals surface area contributed by atoms with Crippen molar-refractivity contribution in [2.75, 3.05) is 10.5 Å². The highest BCUT2D eigenvalue weighted by Crippen LogP contribution is 2.20. The van der Waals surface area contributed by atoms with Gasteiger partial charge in [-0.05, 0) is 24.3 Å². The maximum Gasteiger partial charge on any atom is 0.261 e. The second-order valence-electron chi connectivity index (χ2n) is 4.01. The summed E-state index contributed by atoms with van der Waals surface area (Å²) in [6, 6.07) is 11.3. The predicted octanol–water partition coefficient (Wildman–Crippen LogP) is 0.433. The van der Waals surface area contributed by atoms with Crippen molar-refractivity contribution < 1.29 is 18.3 Å². The van der Waals surface area contributed by atoms with E-state index in [4.69, 9.17) is 5.73 Å². The van der Waals surface area contributed by atoms with Crippen LogP contribution in [-0.4, -0.2) is 14.4 Å². The zero-order valence-electron chi connectivity index (χ0n) is 10.2. The Balaban J connectivity index is 2.41. The molecule has 0 bridgehead atoms. The molecule has 7 heteroatoms. The third-order valence-corrected chi connectivity index (χ3v) is 3.92. The highest BCUT2D eigenvalue weighted by Gasteiger charge is 2.16. The lowest BCUT2D eigenvalue weighted by Gasteiger charge is -2.13. The van der Waals surface area contributed by atoms with Gasteiger partial charge in [-0.2, -0.15) is 0 Å². The molecule has 0 fully saturated rings. The number of anilines is 2. The van der Waals surface area contributed by atoms with Gasteiger partial charge in [-0.15, -0.1) is 0 Å². The third-order valence-electron chi connectivity index (χ3n) is 2.56. The van der Waals surface area contributed by atoms with Gasteiger partial charge < -0.3 is 15.6 Å². The van der Waals surface area contributed by atoms with Crippen LogP contribution < -0.4 is 15.6 Å². The van der Waals surface area contributed by atoms with E-state index in [2.05, 4.69) is 4.72 Å². The van der Waals surface area contributed by atoms with E-state index in [-0.39, 0.29) is 16.1 Å². The summed E-state index contributed by atoms with van der Waals surface area (Å²) in [7, 11) is -3.91. The molecule has 2 aromatic carbocycles. The molecule has 104 valence electrons. The molecule has 0 saturated heterocycles. The molecular formula is C13H11N2O4S-. The predicted molar refractivity (Wildman–Crippen MR) is 72.4 cm³/mol. The summed E-state index contributed by atoms with van der Waals surface area (Å²) in [6.07, 6.45) is 0. The molecule has 2 aromatic rings. The first-order valence-electron chi connectivity index (χ1n) is 5.59. The fourth-order valence-corrected chi connectivity index (χ4v) is 2.77. The normalized spacial score (nSPS) is 11.0. The summed E-state index contributed by atoms with van der Waals surface area (Å²) >= 11 is 0. The van der Waals surface area contributed by atoms with Gasteiger partial charge in [0.05, 0.1) is 16.6 Å². The molecule has 3 N–H and O–H groups in total. The average Bonchev–Trinajstić information content (AvgIpc) is 2.38. The van der Waals surface area contributed by atoms with Crippen molar-refractivity contribution >= 4 is 27.4 Å². The van der Waals surface area contributed by atoms with E-state index in [0.29, 0.717) is 5.69 Å². The molecule has 2 rings (SSSR count). The van der Waals surface area contributed by atoms with Crippen LogP contribution in [0.1, 0.15) is 10.4 Å². The Morgan fingerprint density at radius 3 is 2.45 bits per heavy atom. The lowest BCUT2D eigenvalue weighted by Crippen LogP contribution is -2.24. The van der Waals surface area contributed by atoms with Crippen molar-refractivity contribution in [2.24, 2.45) is 0 Å². The van der Waals surface area contributed by atoms with E-state index < -0.39 is 16.0 Å². The van der Waals surface area contributed by atoms with Crippen molar-refractivity contribution in [3.63, 3.8) is 0 Å². The highest BCUT2D eigenvalue weighted by molar-refractivity contribution is 7.92. The molecule has 0 radical (unpaired) electrons. The Morgan fingerprint density at radius 2 is 1.80 bits per heavy atom. The van der Waals surface area contributed by atoms with E-state index in [1.54, 1.807) is 6.07 Å². The van der Waals surface area contributed by atoms with Crippen molar-refractivity contribution in [3.05, 3.63) is 54.1 Å². The van der Waals surface area contributed by atoms with Crippen molar-refractivity contribution in [2.45, 2.75) is 4.90 Å². The number of carboxylic acid groups (broad SMARTS) is 1. The second-order valence-corrected chi connectivity index (χ2v) is 5.69. The number of carbonyl (C=O) groups excluding carboxylic acids is 1. The number of hydrogen-bond donors (Lipinski definition) is 2. The maximum absolute atomic E-state index is 12.1. The first-order chi connectivity index (χ1) is 9.40. The molecule has 20 heavy (non-hydrogen) atoms. The van der Waals surface area contributed by atoms with Crippen LogP contribution in [0.3, 0.4) is 0 Å². The SMILES string of the molecule is Nc1cccc(S(=O)(=O)Nc2ccccc2C(=O)[O-])c1. The number of nitrogens with two attached hydrogens (primary N) is 1. The Bertz CT molecular complexity index is 756. The monoisotopic (exact) mass is 291 g/mol. The van der Waals surface area contributed by atoms with Gasteiger partial charge in [0.1, 0.15) is 0 Å². The number of para-hydroxylation sites is 1. The molecule has 0 heterocycles. The van der Waals surface area contributed by atoms with Gasteiger partial charge >= 0.3 is 0 Å². The molecule has 0 aliphatic heterocycles. The van der Waals surface area contributed by atoms with Crippen LogP contribution in [-0.2, 0) is 10.0 Å².